The summed E-state index contributed by atoms with van der Waals surface area (Å²) in [6.07, 6.45) is 0. The van der Waals surface area contributed by atoms with Gasteiger partial charge in [-0.25, -0.2) is 8.42 Å². The Hall–Kier alpha value is -3.14. The van der Waals surface area contributed by atoms with Crippen LogP contribution in [0.2, 0.25) is 0 Å². The van der Waals surface area contributed by atoms with Crippen molar-refractivity contribution in [2.75, 3.05) is 11.8 Å². The molecule has 0 spiro atoms. The summed E-state index contributed by atoms with van der Waals surface area (Å²) in [5.41, 5.74) is 0.433. The monoisotopic (exact) mass is 363 g/mol. The third-order valence-electron chi connectivity index (χ3n) is 3.44. The third kappa shape index (κ3) is 3.53. The van der Waals surface area contributed by atoms with Crippen LogP contribution in [0.1, 0.15) is 5.69 Å². The largest absolute Gasteiger partial charge is 0.495 e. The standard InChI is InChI=1S/C15H13N3O6S/c1-23-15-7-6-10(18(19)20)8-12(15)17-25(21,22)9-13-11-4-2-3-5-14(11)24-16-13/h2-8,17H,9H2,1H3. The number of nitro benzene ring substituents is 1. The van der Waals surface area contributed by atoms with E-state index in [1.165, 1.54) is 19.2 Å². The van der Waals surface area contributed by atoms with Gasteiger partial charge in [0.2, 0.25) is 10.0 Å². The van der Waals surface area contributed by atoms with Crippen LogP contribution in [0.4, 0.5) is 11.4 Å². The molecule has 0 saturated carbocycles. The van der Waals surface area contributed by atoms with E-state index in [0.29, 0.717) is 11.0 Å². The van der Waals surface area contributed by atoms with Gasteiger partial charge in [-0.05, 0) is 18.2 Å². The first-order valence-electron chi connectivity index (χ1n) is 7.06. The molecule has 9 nitrogen and oxygen atoms in total. The summed E-state index contributed by atoms with van der Waals surface area (Å²) in [6.45, 7) is 0. The molecule has 0 fully saturated rings. The van der Waals surface area contributed by atoms with E-state index in [2.05, 4.69) is 9.88 Å². The van der Waals surface area contributed by atoms with E-state index >= 15 is 0 Å². The van der Waals surface area contributed by atoms with Gasteiger partial charge in [0, 0.05) is 17.5 Å². The lowest BCUT2D eigenvalue weighted by Gasteiger charge is -2.11. The number of sulfonamides is 1. The summed E-state index contributed by atoms with van der Waals surface area (Å²) in [5, 5.41) is 15.2. The number of rotatable bonds is 6. The van der Waals surface area contributed by atoms with E-state index in [0.717, 1.165) is 6.07 Å². The first-order chi connectivity index (χ1) is 11.9. The van der Waals surface area contributed by atoms with Crippen molar-refractivity contribution in [3.05, 3.63) is 58.3 Å². The molecular weight excluding hydrogens is 350 g/mol. The number of aromatic nitrogens is 1. The van der Waals surface area contributed by atoms with Crippen LogP contribution in [-0.4, -0.2) is 25.6 Å². The molecule has 3 aromatic rings. The number of anilines is 1. The minimum absolute atomic E-state index is 0.0236. The fourth-order valence-corrected chi connectivity index (χ4v) is 3.45. The number of para-hydroxylation sites is 1. The van der Waals surface area contributed by atoms with Crippen molar-refractivity contribution < 1.29 is 22.6 Å². The van der Waals surface area contributed by atoms with E-state index in [9.17, 15) is 18.5 Å². The number of nitro groups is 1. The first kappa shape index (κ1) is 16.7. The van der Waals surface area contributed by atoms with Gasteiger partial charge in [-0.15, -0.1) is 0 Å². The molecule has 0 amide bonds. The van der Waals surface area contributed by atoms with Gasteiger partial charge < -0.3 is 9.26 Å². The summed E-state index contributed by atoms with van der Waals surface area (Å²) in [6, 6.07) is 10.5. The molecule has 0 aliphatic carbocycles. The number of nitrogens with one attached hydrogen (secondary N) is 1. The van der Waals surface area contributed by atoms with Crippen LogP contribution in [0.5, 0.6) is 5.75 Å². The summed E-state index contributed by atoms with van der Waals surface area (Å²) in [4.78, 5) is 10.3. The molecule has 3 rings (SSSR count). The van der Waals surface area contributed by atoms with Gasteiger partial charge in [0.25, 0.3) is 5.69 Å². The Morgan fingerprint density at radius 2 is 2.04 bits per heavy atom. The highest BCUT2D eigenvalue weighted by molar-refractivity contribution is 7.91. The van der Waals surface area contributed by atoms with Gasteiger partial charge in [-0.2, -0.15) is 0 Å². The molecule has 1 aromatic heterocycles. The maximum absolute atomic E-state index is 12.4. The van der Waals surface area contributed by atoms with Crippen molar-refractivity contribution in [1.82, 2.24) is 5.16 Å². The second-order valence-corrected chi connectivity index (χ2v) is 6.85. The minimum atomic E-state index is -3.90. The number of non-ortho nitro benzene ring substituents is 1. The topological polar surface area (TPSA) is 125 Å². The minimum Gasteiger partial charge on any atom is -0.495 e. The molecule has 2 aromatic carbocycles. The maximum Gasteiger partial charge on any atom is 0.271 e. The zero-order chi connectivity index (χ0) is 18.0. The Balaban J connectivity index is 1.91. The van der Waals surface area contributed by atoms with Crippen LogP contribution in [0, 0.1) is 10.1 Å². The fraction of sp³-hybridized carbons (Fsp3) is 0.133. The van der Waals surface area contributed by atoms with E-state index in [-0.39, 0.29) is 22.8 Å². The Morgan fingerprint density at radius 3 is 2.76 bits per heavy atom. The van der Waals surface area contributed by atoms with Gasteiger partial charge in [0.05, 0.1) is 17.7 Å². The fourth-order valence-electron chi connectivity index (χ4n) is 2.32. The van der Waals surface area contributed by atoms with Crippen molar-refractivity contribution in [2.45, 2.75) is 5.75 Å². The molecule has 130 valence electrons. The molecular formula is C15H13N3O6S. The lowest BCUT2D eigenvalue weighted by molar-refractivity contribution is -0.384. The van der Waals surface area contributed by atoms with E-state index in [1.807, 2.05) is 0 Å². The smallest absolute Gasteiger partial charge is 0.271 e. The highest BCUT2D eigenvalue weighted by Crippen LogP contribution is 2.30. The molecule has 0 aliphatic heterocycles. The Labute approximate surface area is 142 Å². The third-order valence-corrected chi connectivity index (χ3v) is 4.62. The van der Waals surface area contributed by atoms with E-state index in [4.69, 9.17) is 9.26 Å². The Kier molecular flexibility index (Phi) is 4.28. The second kappa shape index (κ2) is 6.40. The van der Waals surface area contributed by atoms with E-state index < -0.39 is 20.7 Å². The SMILES string of the molecule is COc1ccc([N+](=O)[O-])cc1NS(=O)(=O)Cc1noc2ccccc12. The van der Waals surface area contributed by atoms with Gasteiger partial charge >= 0.3 is 0 Å². The predicted molar refractivity (Wildman–Crippen MR) is 89.9 cm³/mol. The quantitative estimate of drug-likeness (QED) is 0.527. The highest BCUT2D eigenvalue weighted by atomic mass is 32.2. The number of hydrogen-bond donors (Lipinski definition) is 1. The molecule has 0 aliphatic rings. The average molecular weight is 363 g/mol. The molecule has 0 unspecified atom stereocenters. The van der Waals surface area contributed by atoms with Crippen LogP contribution in [0.25, 0.3) is 11.0 Å². The molecule has 0 atom stereocenters. The van der Waals surface area contributed by atoms with Crippen LogP contribution < -0.4 is 9.46 Å². The number of methoxy groups -OCH3 is 1. The molecule has 0 radical (unpaired) electrons. The van der Waals surface area contributed by atoms with Gasteiger partial charge in [-0.1, -0.05) is 17.3 Å². The van der Waals surface area contributed by atoms with Gasteiger partial charge in [0.15, 0.2) is 5.58 Å². The van der Waals surface area contributed by atoms with Gasteiger partial charge in [-0.3, -0.25) is 14.8 Å². The summed E-state index contributed by atoms with van der Waals surface area (Å²) >= 11 is 0. The van der Waals surface area contributed by atoms with Crippen molar-refractivity contribution in [1.29, 1.82) is 0 Å². The molecule has 1 heterocycles. The summed E-state index contributed by atoms with van der Waals surface area (Å²) < 4.78 is 37.3. The second-order valence-electron chi connectivity index (χ2n) is 5.13. The summed E-state index contributed by atoms with van der Waals surface area (Å²) in [5.74, 6) is -0.283. The molecule has 10 heteroatoms. The van der Waals surface area contributed by atoms with Crippen molar-refractivity contribution >= 4 is 32.4 Å². The number of hydrogen-bond acceptors (Lipinski definition) is 7. The van der Waals surface area contributed by atoms with Gasteiger partial charge in [0.1, 0.15) is 17.2 Å². The van der Waals surface area contributed by atoms with Crippen LogP contribution in [0.15, 0.2) is 47.0 Å². The molecule has 1 N–H and O–H groups in total. The Bertz CT molecular complexity index is 1040. The lowest BCUT2D eigenvalue weighted by Crippen LogP contribution is -2.16. The number of benzene rings is 2. The zero-order valence-corrected chi connectivity index (χ0v) is 13.8. The van der Waals surface area contributed by atoms with Crippen molar-refractivity contribution in [2.24, 2.45) is 0 Å². The normalized spacial score (nSPS) is 11.4. The number of ether oxygens (including phenoxy) is 1. The Morgan fingerprint density at radius 1 is 1.28 bits per heavy atom. The zero-order valence-electron chi connectivity index (χ0n) is 13.0. The van der Waals surface area contributed by atoms with Crippen LogP contribution >= 0.6 is 0 Å². The maximum atomic E-state index is 12.4. The van der Waals surface area contributed by atoms with E-state index in [1.54, 1.807) is 24.3 Å². The molecule has 0 bridgehead atoms. The van der Waals surface area contributed by atoms with Crippen molar-refractivity contribution in [3.63, 3.8) is 0 Å². The highest BCUT2D eigenvalue weighted by Gasteiger charge is 2.20. The van der Waals surface area contributed by atoms with Crippen LogP contribution in [0.3, 0.4) is 0 Å². The molecule has 0 saturated heterocycles. The molecule has 25 heavy (non-hydrogen) atoms. The lowest BCUT2D eigenvalue weighted by atomic mass is 10.2. The average Bonchev–Trinajstić information content (AvgIpc) is 2.97. The predicted octanol–water partition coefficient (Wildman–Crippen LogP) is 2.69. The first-order valence-corrected chi connectivity index (χ1v) is 8.71. The number of nitrogens with zero attached hydrogens (tertiary/aromatic N) is 2. The van der Waals surface area contributed by atoms with Crippen molar-refractivity contribution in [3.8, 4) is 5.75 Å². The van der Waals surface area contributed by atoms with Crippen LogP contribution in [-0.2, 0) is 15.8 Å². The number of fused-ring (bicyclic) bond motifs is 1. The summed E-state index contributed by atoms with van der Waals surface area (Å²) in [7, 11) is -2.56.